The molecule has 2 amide bonds. The van der Waals surface area contributed by atoms with Crippen molar-refractivity contribution in [3.63, 3.8) is 0 Å². The van der Waals surface area contributed by atoms with Crippen molar-refractivity contribution < 1.29 is 18.0 Å². The van der Waals surface area contributed by atoms with Crippen LogP contribution < -0.4 is 14.9 Å². The second-order valence-electron chi connectivity index (χ2n) is 8.20. The van der Waals surface area contributed by atoms with Crippen LogP contribution in [-0.2, 0) is 10.0 Å². The molecule has 0 atom stereocenters. The fraction of sp³-hybridized carbons (Fsp3) is 0.391. The van der Waals surface area contributed by atoms with Gasteiger partial charge in [0.25, 0.3) is 11.8 Å². The van der Waals surface area contributed by atoms with E-state index in [9.17, 15) is 18.0 Å². The van der Waals surface area contributed by atoms with E-state index in [1.165, 1.54) is 4.31 Å². The largest absolute Gasteiger partial charge is 0.352 e. The van der Waals surface area contributed by atoms with E-state index in [0.717, 1.165) is 12.0 Å². The molecular weight excluding hydrogens is 414 g/mol. The van der Waals surface area contributed by atoms with Gasteiger partial charge in [-0.1, -0.05) is 32.0 Å². The maximum atomic E-state index is 13.0. The molecule has 0 saturated carbocycles. The Morgan fingerprint density at radius 1 is 1.06 bits per heavy atom. The van der Waals surface area contributed by atoms with Crippen LogP contribution in [0.3, 0.4) is 0 Å². The molecular formula is C23H29N3O4S. The number of amides is 2. The second kappa shape index (κ2) is 9.51. The Kier molecular flexibility index (Phi) is 7.00. The van der Waals surface area contributed by atoms with Gasteiger partial charge in [0, 0.05) is 18.7 Å². The summed E-state index contributed by atoms with van der Waals surface area (Å²) in [6.45, 7) is 6.78. The average Bonchev–Trinajstić information content (AvgIpc) is 2.72. The predicted molar refractivity (Wildman–Crippen MR) is 123 cm³/mol. The highest BCUT2D eigenvalue weighted by atomic mass is 32.2. The molecule has 0 unspecified atom stereocenters. The number of benzene rings is 2. The van der Waals surface area contributed by atoms with Crippen LogP contribution >= 0.6 is 0 Å². The van der Waals surface area contributed by atoms with Gasteiger partial charge in [0.05, 0.1) is 22.7 Å². The first-order chi connectivity index (χ1) is 14.7. The molecule has 7 nitrogen and oxygen atoms in total. The van der Waals surface area contributed by atoms with Crippen molar-refractivity contribution in [2.24, 2.45) is 5.92 Å². The zero-order chi connectivity index (χ0) is 22.6. The summed E-state index contributed by atoms with van der Waals surface area (Å²) in [5.41, 5.74) is 2.42. The van der Waals surface area contributed by atoms with E-state index in [0.29, 0.717) is 47.9 Å². The van der Waals surface area contributed by atoms with Gasteiger partial charge >= 0.3 is 0 Å². The van der Waals surface area contributed by atoms with Crippen LogP contribution in [0, 0.1) is 12.8 Å². The van der Waals surface area contributed by atoms with Crippen LogP contribution in [0.2, 0.25) is 0 Å². The molecule has 1 saturated heterocycles. The molecule has 0 bridgehead atoms. The fourth-order valence-corrected chi connectivity index (χ4v) is 5.15. The van der Waals surface area contributed by atoms with E-state index >= 15 is 0 Å². The number of hydrogen-bond donors (Lipinski definition) is 2. The van der Waals surface area contributed by atoms with Crippen molar-refractivity contribution in [3.8, 4) is 0 Å². The molecule has 0 spiro atoms. The highest BCUT2D eigenvalue weighted by molar-refractivity contribution is 7.92. The van der Waals surface area contributed by atoms with Crippen molar-refractivity contribution in [3.05, 3.63) is 59.2 Å². The van der Waals surface area contributed by atoms with Crippen LogP contribution in [0.25, 0.3) is 0 Å². The molecule has 0 aliphatic carbocycles. The van der Waals surface area contributed by atoms with Gasteiger partial charge in [0.2, 0.25) is 10.0 Å². The zero-order valence-electron chi connectivity index (χ0n) is 18.1. The minimum absolute atomic E-state index is 0.113. The first-order valence-corrected chi connectivity index (χ1v) is 12.1. The molecule has 2 aromatic carbocycles. The molecule has 2 N–H and O–H groups in total. The lowest BCUT2D eigenvalue weighted by Gasteiger charge is -2.29. The normalized spacial score (nSPS) is 15.5. The summed E-state index contributed by atoms with van der Waals surface area (Å²) in [4.78, 5) is 25.5. The smallest absolute Gasteiger partial charge is 0.255 e. The van der Waals surface area contributed by atoms with Gasteiger partial charge in [-0.15, -0.1) is 0 Å². The Hall–Kier alpha value is -2.87. The summed E-state index contributed by atoms with van der Waals surface area (Å²) in [5, 5.41) is 5.65. The minimum atomic E-state index is -3.38. The number of aryl methyl sites for hydroxylation is 1. The lowest BCUT2D eigenvalue weighted by atomic mass is 10.1. The number of carbonyl (C=O) groups is 2. The van der Waals surface area contributed by atoms with Gasteiger partial charge in [-0.05, 0) is 55.5 Å². The average molecular weight is 444 g/mol. The highest BCUT2D eigenvalue weighted by Crippen LogP contribution is 2.28. The molecule has 0 aromatic heterocycles. The molecule has 1 aliphatic heterocycles. The molecule has 1 aliphatic rings. The summed E-state index contributed by atoms with van der Waals surface area (Å²) in [6, 6.07) is 11.8. The Labute approximate surface area is 183 Å². The van der Waals surface area contributed by atoms with Gasteiger partial charge < -0.3 is 10.6 Å². The summed E-state index contributed by atoms with van der Waals surface area (Å²) >= 11 is 0. The molecule has 1 heterocycles. The number of anilines is 2. The molecule has 2 aromatic rings. The first kappa shape index (κ1) is 22.8. The van der Waals surface area contributed by atoms with Gasteiger partial charge in [-0.3, -0.25) is 13.9 Å². The van der Waals surface area contributed by atoms with E-state index in [-0.39, 0.29) is 11.7 Å². The number of sulfonamides is 1. The molecule has 8 heteroatoms. The van der Waals surface area contributed by atoms with Crippen LogP contribution in [0.4, 0.5) is 11.4 Å². The Morgan fingerprint density at radius 3 is 2.52 bits per heavy atom. The number of carbonyl (C=O) groups excluding carboxylic acids is 2. The zero-order valence-corrected chi connectivity index (χ0v) is 19.0. The van der Waals surface area contributed by atoms with Crippen LogP contribution in [-0.4, -0.2) is 39.1 Å². The summed E-state index contributed by atoms with van der Waals surface area (Å²) < 4.78 is 26.4. The Morgan fingerprint density at radius 2 is 1.81 bits per heavy atom. The summed E-state index contributed by atoms with van der Waals surface area (Å²) in [6.07, 6.45) is 1.43. The quantitative estimate of drug-likeness (QED) is 0.714. The topological polar surface area (TPSA) is 95.6 Å². The third-order valence-corrected chi connectivity index (χ3v) is 7.04. The van der Waals surface area contributed by atoms with Crippen LogP contribution in [0.1, 0.15) is 53.0 Å². The maximum absolute atomic E-state index is 13.0. The molecule has 3 rings (SSSR count). The fourth-order valence-electron chi connectivity index (χ4n) is 3.46. The number of nitrogens with one attached hydrogen (secondary N) is 2. The van der Waals surface area contributed by atoms with Crippen LogP contribution in [0.5, 0.6) is 0 Å². The summed E-state index contributed by atoms with van der Waals surface area (Å²) in [5.74, 6) is -0.238. The van der Waals surface area contributed by atoms with E-state index in [1.807, 2.05) is 20.8 Å². The van der Waals surface area contributed by atoms with Crippen molar-refractivity contribution in [2.45, 2.75) is 33.6 Å². The Balaban J connectivity index is 1.85. The monoisotopic (exact) mass is 443 g/mol. The highest BCUT2D eigenvalue weighted by Gasteiger charge is 2.27. The van der Waals surface area contributed by atoms with Gasteiger partial charge in [0.15, 0.2) is 0 Å². The Bertz CT molecular complexity index is 1080. The number of nitrogens with zero attached hydrogens (tertiary/aromatic N) is 1. The van der Waals surface area contributed by atoms with Gasteiger partial charge in [0.1, 0.15) is 0 Å². The van der Waals surface area contributed by atoms with Crippen molar-refractivity contribution >= 4 is 33.2 Å². The molecule has 31 heavy (non-hydrogen) atoms. The van der Waals surface area contributed by atoms with Gasteiger partial charge in [-0.2, -0.15) is 0 Å². The predicted octanol–water partition coefficient (Wildman–Crippen LogP) is 3.56. The summed E-state index contributed by atoms with van der Waals surface area (Å²) in [7, 11) is -3.38. The number of rotatable bonds is 6. The second-order valence-corrected chi connectivity index (χ2v) is 10.2. The number of para-hydroxylation sites is 1. The maximum Gasteiger partial charge on any atom is 0.255 e. The SMILES string of the molecule is Cc1ccc(C(=O)Nc2ccccc2C(=O)NCC(C)C)cc1N1CCCCS1(=O)=O. The minimum Gasteiger partial charge on any atom is -0.352 e. The van der Waals surface area contributed by atoms with Crippen LogP contribution in [0.15, 0.2) is 42.5 Å². The van der Waals surface area contributed by atoms with Crippen molar-refractivity contribution in [1.82, 2.24) is 5.32 Å². The molecule has 166 valence electrons. The van der Waals surface area contributed by atoms with Crippen molar-refractivity contribution in [1.29, 1.82) is 0 Å². The van der Waals surface area contributed by atoms with Gasteiger partial charge in [-0.25, -0.2) is 8.42 Å². The van der Waals surface area contributed by atoms with E-state index in [1.54, 1.807) is 42.5 Å². The molecule has 0 radical (unpaired) electrons. The van der Waals surface area contributed by atoms with Crippen molar-refractivity contribution in [2.75, 3.05) is 28.5 Å². The lowest BCUT2D eigenvalue weighted by Crippen LogP contribution is -2.38. The van der Waals surface area contributed by atoms with E-state index in [2.05, 4.69) is 10.6 Å². The third-order valence-electron chi connectivity index (χ3n) is 5.18. The first-order valence-electron chi connectivity index (χ1n) is 10.5. The lowest BCUT2D eigenvalue weighted by molar-refractivity contribution is 0.0950. The van der Waals surface area contributed by atoms with E-state index in [4.69, 9.17) is 0 Å². The third kappa shape index (κ3) is 5.44. The number of hydrogen-bond acceptors (Lipinski definition) is 4. The molecule has 1 fully saturated rings. The standard InChI is InChI=1S/C23H29N3O4S/c1-16(2)15-24-23(28)19-8-4-5-9-20(19)25-22(27)18-11-10-17(3)21(14-18)26-12-6-7-13-31(26,29)30/h4-5,8-11,14,16H,6-7,12-13,15H2,1-3H3,(H,24,28)(H,25,27). The van der Waals surface area contributed by atoms with E-state index < -0.39 is 15.9 Å².